The van der Waals surface area contributed by atoms with Gasteiger partial charge in [0.05, 0.1) is 7.11 Å². The first-order valence-electron chi connectivity index (χ1n) is 8.95. The number of hydrogen-bond donors (Lipinski definition) is 2. The fourth-order valence-corrected chi connectivity index (χ4v) is 2.46. The van der Waals surface area contributed by atoms with Crippen LogP contribution in [0.1, 0.15) is 34.6 Å². The summed E-state index contributed by atoms with van der Waals surface area (Å²) in [4.78, 5) is 52.5. The fourth-order valence-electron chi connectivity index (χ4n) is 2.46. The summed E-state index contributed by atoms with van der Waals surface area (Å²) in [5, 5.41) is 19.0. The van der Waals surface area contributed by atoms with Crippen LogP contribution in [-0.4, -0.2) is 59.0 Å². The molecule has 0 amide bonds. The van der Waals surface area contributed by atoms with Crippen molar-refractivity contribution in [3.8, 4) is 5.75 Å². The van der Waals surface area contributed by atoms with Crippen molar-refractivity contribution in [2.45, 2.75) is 13.8 Å². The van der Waals surface area contributed by atoms with Gasteiger partial charge in [-0.2, -0.15) is 0 Å². The van der Waals surface area contributed by atoms with Gasteiger partial charge in [0.2, 0.25) is 5.78 Å². The number of pyridine rings is 1. The molecule has 2 N–H and O–H groups in total. The van der Waals surface area contributed by atoms with Gasteiger partial charge in [0, 0.05) is 36.7 Å². The lowest BCUT2D eigenvalue weighted by atomic mass is 9.74. The average Bonchev–Trinajstić information content (AvgIpc) is 2.75. The molecule has 1 aromatic carbocycles. The Kier molecular flexibility index (Phi) is 9.31. The van der Waals surface area contributed by atoms with Crippen LogP contribution in [-0.2, 0) is 14.3 Å². The molecule has 0 unspecified atom stereocenters. The van der Waals surface area contributed by atoms with Gasteiger partial charge in [-0.3, -0.25) is 14.6 Å². The van der Waals surface area contributed by atoms with Gasteiger partial charge in [0.25, 0.3) is 5.41 Å². The minimum atomic E-state index is -3.31. The Labute approximate surface area is 173 Å². The van der Waals surface area contributed by atoms with E-state index in [1.54, 1.807) is 0 Å². The second-order valence-corrected chi connectivity index (χ2v) is 5.77. The predicted molar refractivity (Wildman–Crippen MR) is 106 cm³/mol. The van der Waals surface area contributed by atoms with Crippen LogP contribution >= 0.6 is 0 Å². The molecular formula is C21H23NO8. The number of aliphatic carboxylic acids is 2. The van der Waals surface area contributed by atoms with E-state index in [2.05, 4.69) is 4.98 Å². The van der Waals surface area contributed by atoms with E-state index in [-0.39, 0.29) is 11.1 Å². The number of carboxylic acid groups (broad SMARTS) is 2. The summed E-state index contributed by atoms with van der Waals surface area (Å²) < 4.78 is 9.76. The van der Waals surface area contributed by atoms with E-state index in [9.17, 15) is 29.4 Å². The van der Waals surface area contributed by atoms with E-state index in [1.807, 2.05) is 13.8 Å². The smallest absolute Gasteiger partial charge is 0.337 e. The van der Waals surface area contributed by atoms with Crippen molar-refractivity contribution < 1.29 is 38.9 Å². The van der Waals surface area contributed by atoms with Crippen LogP contribution in [0.25, 0.3) is 0 Å². The van der Waals surface area contributed by atoms with Gasteiger partial charge in [-0.15, -0.1) is 0 Å². The second kappa shape index (κ2) is 11.4. The number of hydrogen-bond acceptors (Lipinski definition) is 7. The molecule has 0 atom stereocenters. The molecule has 9 nitrogen and oxygen atoms in total. The van der Waals surface area contributed by atoms with Crippen LogP contribution in [0.3, 0.4) is 0 Å². The van der Waals surface area contributed by atoms with Crippen molar-refractivity contribution in [3.05, 3.63) is 59.9 Å². The third-order valence-electron chi connectivity index (χ3n) is 4.01. The summed E-state index contributed by atoms with van der Waals surface area (Å²) in [6.07, 6.45) is 2.33. The lowest BCUT2D eigenvalue weighted by molar-refractivity contribution is -0.156. The van der Waals surface area contributed by atoms with Crippen molar-refractivity contribution >= 4 is 23.5 Å². The van der Waals surface area contributed by atoms with E-state index in [0.717, 1.165) is 19.4 Å². The molecule has 2 rings (SSSR count). The number of methoxy groups -OCH3 is 1. The molecule has 2 aromatic rings. The number of aromatic nitrogens is 1. The van der Waals surface area contributed by atoms with Gasteiger partial charge in [-0.05, 0) is 50.2 Å². The number of carbonyl (C=O) groups is 4. The van der Waals surface area contributed by atoms with Crippen LogP contribution < -0.4 is 4.74 Å². The lowest BCUT2D eigenvalue weighted by Gasteiger charge is -2.22. The zero-order chi connectivity index (χ0) is 22.7. The van der Waals surface area contributed by atoms with Crippen molar-refractivity contribution in [1.29, 1.82) is 0 Å². The first-order chi connectivity index (χ1) is 14.3. The molecule has 0 spiro atoms. The van der Waals surface area contributed by atoms with Crippen molar-refractivity contribution in [2.24, 2.45) is 5.41 Å². The Bertz CT molecular complexity index is 862. The number of rotatable bonds is 9. The van der Waals surface area contributed by atoms with Crippen LogP contribution in [0.4, 0.5) is 0 Å². The van der Waals surface area contributed by atoms with E-state index in [4.69, 9.17) is 9.47 Å². The van der Waals surface area contributed by atoms with E-state index >= 15 is 0 Å². The number of ether oxygens (including phenoxy) is 2. The maximum absolute atomic E-state index is 12.7. The molecule has 0 saturated heterocycles. The topological polar surface area (TPSA) is 140 Å². The third-order valence-corrected chi connectivity index (χ3v) is 4.01. The normalized spacial score (nSPS) is 10.4. The zero-order valence-corrected chi connectivity index (χ0v) is 16.8. The molecule has 0 saturated carbocycles. The second-order valence-electron chi connectivity index (χ2n) is 5.77. The molecule has 0 radical (unpaired) electrons. The van der Waals surface area contributed by atoms with Gasteiger partial charge in [0.15, 0.2) is 5.78 Å². The zero-order valence-electron chi connectivity index (χ0n) is 16.8. The van der Waals surface area contributed by atoms with Gasteiger partial charge in [-0.1, -0.05) is 0 Å². The van der Waals surface area contributed by atoms with Crippen molar-refractivity contribution in [1.82, 2.24) is 4.98 Å². The van der Waals surface area contributed by atoms with Gasteiger partial charge in [0.1, 0.15) is 5.75 Å². The lowest BCUT2D eigenvalue weighted by Crippen LogP contribution is -2.52. The molecule has 1 aromatic heterocycles. The van der Waals surface area contributed by atoms with Gasteiger partial charge in [-0.25, -0.2) is 9.59 Å². The van der Waals surface area contributed by atoms with Crippen LogP contribution in [0, 0.1) is 5.41 Å². The van der Waals surface area contributed by atoms with Gasteiger partial charge >= 0.3 is 11.9 Å². The first kappa shape index (κ1) is 24.4. The Balaban J connectivity index is 0.000000804. The first-order valence-corrected chi connectivity index (χ1v) is 8.95. The number of nitrogens with zero attached hydrogens (tertiary/aromatic N) is 1. The molecular weight excluding hydrogens is 394 g/mol. The number of Topliss-reactive ketones (excluding diaryl/α,β-unsaturated/α-hetero) is 2. The molecule has 1 heterocycles. The summed E-state index contributed by atoms with van der Waals surface area (Å²) in [7, 11) is 1.39. The SMILES string of the molecule is CCOCC.COc1ccc(C(=O)C(C(=O)O)(C(=O)O)C(=O)c2cccnc2)cc1. The standard InChI is InChI=1S/C17H13NO7.C4H10O/c1-25-12-6-4-10(5-7-12)13(19)17(15(21)22,16(23)24)14(20)11-3-2-8-18-9-11;1-3-5-4-2/h2-9H,1H3,(H,21,22)(H,23,24);3-4H2,1-2H3. The quantitative estimate of drug-likeness (QED) is 0.464. The highest BCUT2D eigenvalue weighted by Gasteiger charge is 2.60. The summed E-state index contributed by atoms with van der Waals surface area (Å²) in [6, 6.07) is 7.62. The van der Waals surface area contributed by atoms with Crippen molar-refractivity contribution in [2.75, 3.05) is 20.3 Å². The van der Waals surface area contributed by atoms with Crippen molar-refractivity contribution in [3.63, 3.8) is 0 Å². The molecule has 0 aliphatic heterocycles. The molecule has 9 heteroatoms. The Morgan fingerprint density at radius 3 is 1.80 bits per heavy atom. The Morgan fingerprint density at radius 2 is 1.43 bits per heavy atom. The molecule has 0 aliphatic carbocycles. The number of benzene rings is 1. The Hall–Kier alpha value is -3.59. The minimum Gasteiger partial charge on any atom is -0.497 e. The maximum atomic E-state index is 12.7. The number of carbonyl (C=O) groups excluding carboxylic acids is 2. The molecule has 30 heavy (non-hydrogen) atoms. The van der Waals surface area contributed by atoms with Crippen LogP contribution in [0.2, 0.25) is 0 Å². The summed E-state index contributed by atoms with van der Waals surface area (Å²) >= 11 is 0. The molecule has 0 bridgehead atoms. The highest BCUT2D eigenvalue weighted by Crippen LogP contribution is 2.30. The number of carboxylic acids is 2. The fraction of sp³-hybridized carbons (Fsp3) is 0.286. The van der Waals surface area contributed by atoms with Crippen LogP contribution in [0.5, 0.6) is 5.75 Å². The summed E-state index contributed by atoms with van der Waals surface area (Å²) in [5.74, 6) is -6.50. The molecule has 0 fully saturated rings. The third kappa shape index (κ3) is 5.26. The minimum absolute atomic E-state index is 0.247. The van der Waals surface area contributed by atoms with E-state index in [0.29, 0.717) is 5.75 Å². The largest absolute Gasteiger partial charge is 0.497 e. The number of ketones is 2. The average molecular weight is 417 g/mol. The van der Waals surface area contributed by atoms with Gasteiger partial charge < -0.3 is 19.7 Å². The van der Waals surface area contributed by atoms with E-state index < -0.39 is 28.9 Å². The highest BCUT2D eigenvalue weighted by molar-refractivity contribution is 6.41. The summed E-state index contributed by atoms with van der Waals surface area (Å²) in [6.45, 7) is 5.67. The predicted octanol–water partition coefficient (Wildman–Crippen LogP) is 2.35. The Morgan fingerprint density at radius 1 is 0.900 bits per heavy atom. The highest BCUT2D eigenvalue weighted by atomic mass is 16.5. The maximum Gasteiger partial charge on any atom is 0.337 e. The monoisotopic (exact) mass is 417 g/mol. The van der Waals surface area contributed by atoms with E-state index in [1.165, 1.54) is 49.7 Å². The van der Waals surface area contributed by atoms with Crippen LogP contribution in [0.15, 0.2) is 48.8 Å². The molecule has 160 valence electrons. The molecule has 0 aliphatic rings. The summed E-state index contributed by atoms with van der Waals surface area (Å²) in [5.41, 5.74) is -3.85.